The van der Waals surface area contributed by atoms with E-state index in [2.05, 4.69) is 5.32 Å². The molecule has 0 spiro atoms. The van der Waals surface area contributed by atoms with E-state index in [4.69, 9.17) is 16.3 Å². The Morgan fingerprint density at radius 3 is 2.56 bits per heavy atom. The fourth-order valence-electron chi connectivity index (χ4n) is 2.13. The number of nitro groups is 1. The topological polar surface area (TPSA) is 98.5 Å². The number of nitrogens with zero attached hydrogens (tertiary/aromatic N) is 1. The molecule has 7 nitrogen and oxygen atoms in total. The van der Waals surface area contributed by atoms with E-state index in [-0.39, 0.29) is 11.0 Å². The number of anilines is 1. The standard InChI is InChI=1S/C16H17ClN2O5S/c1-11(24-15-6-4-3-5-13(15)17)10-18-12-7-8-14(19(20)21)16(9-12)25(2,22)23/h3-9,11,18H,10H2,1-2H3. The van der Waals surface area contributed by atoms with Gasteiger partial charge in [-0.2, -0.15) is 0 Å². The van der Waals surface area contributed by atoms with Gasteiger partial charge in [0.05, 0.1) is 16.5 Å². The minimum Gasteiger partial charge on any atom is -0.487 e. The predicted octanol–water partition coefficient (Wildman–Crippen LogP) is 3.53. The van der Waals surface area contributed by atoms with Crippen LogP contribution in [0.25, 0.3) is 0 Å². The normalized spacial score (nSPS) is 12.4. The van der Waals surface area contributed by atoms with Crippen molar-refractivity contribution in [2.45, 2.75) is 17.9 Å². The summed E-state index contributed by atoms with van der Waals surface area (Å²) in [5.74, 6) is 0.541. The number of hydrogen-bond acceptors (Lipinski definition) is 6. The minimum absolute atomic E-state index is 0.267. The van der Waals surface area contributed by atoms with Crippen LogP contribution in [0, 0.1) is 10.1 Å². The number of nitrogens with one attached hydrogen (secondary N) is 1. The maximum atomic E-state index is 11.8. The van der Waals surface area contributed by atoms with E-state index in [0.29, 0.717) is 23.0 Å². The monoisotopic (exact) mass is 384 g/mol. The van der Waals surface area contributed by atoms with Gasteiger partial charge >= 0.3 is 0 Å². The SMILES string of the molecule is CC(CNc1ccc([N+](=O)[O-])c(S(C)(=O)=O)c1)Oc1ccccc1Cl. The van der Waals surface area contributed by atoms with Gasteiger partial charge in [0.2, 0.25) is 0 Å². The highest BCUT2D eigenvalue weighted by Crippen LogP contribution is 2.27. The van der Waals surface area contributed by atoms with Gasteiger partial charge in [0, 0.05) is 18.0 Å². The fraction of sp³-hybridized carbons (Fsp3) is 0.250. The van der Waals surface area contributed by atoms with Crippen molar-refractivity contribution in [2.75, 3.05) is 18.1 Å². The lowest BCUT2D eigenvalue weighted by Crippen LogP contribution is -2.23. The lowest BCUT2D eigenvalue weighted by atomic mass is 10.2. The molecule has 2 aromatic rings. The van der Waals surface area contributed by atoms with E-state index < -0.39 is 20.4 Å². The molecule has 0 amide bonds. The van der Waals surface area contributed by atoms with Gasteiger partial charge in [-0.1, -0.05) is 23.7 Å². The van der Waals surface area contributed by atoms with Gasteiger partial charge in [-0.25, -0.2) is 8.42 Å². The molecule has 1 atom stereocenters. The van der Waals surface area contributed by atoms with E-state index >= 15 is 0 Å². The maximum Gasteiger partial charge on any atom is 0.288 e. The van der Waals surface area contributed by atoms with Crippen molar-refractivity contribution in [3.63, 3.8) is 0 Å². The summed E-state index contributed by atoms with van der Waals surface area (Å²) in [7, 11) is -3.72. The molecule has 0 heterocycles. The number of nitro benzene ring substituents is 1. The van der Waals surface area contributed by atoms with Gasteiger partial charge in [-0.15, -0.1) is 0 Å². The van der Waals surface area contributed by atoms with Crippen molar-refractivity contribution >= 4 is 32.8 Å². The third-order valence-corrected chi connectivity index (χ3v) is 4.75. The molecule has 1 unspecified atom stereocenters. The third kappa shape index (κ3) is 5.07. The van der Waals surface area contributed by atoms with Gasteiger partial charge in [-0.3, -0.25) is 10.1 Å². The van der Waals surface area contributed by atoms with Crippen LogP contribution in [0.2, 0.25) is 5.02 Å². The van der Waals surface area contributed by atoms with Gasteiger partial charge < -0.3 is 10.1 Å². The van der Waals surface area contributed by atoms with E-state index in [1.807, 2.05) is 6.92 Å². The summed E-state index contributed by atoms with van der Waals surface area (Å²) >= 11 is 6.03. The van der Waals surface area contributed by atoms with Crippen LogP contribution in [-0.4, -0.2) is 32.2 Å². The lowest BCUT2D eigenvalue weighted by molar-refractivity contribution is -0.387. The van der Waals surface area contributed by atoms with Crippen LogP contribution in [0.4, 0.5) is 11.4 Å². The Bertz CT molecular complexity index is 886. The van der Waals surface area contributed by atoms with Crippen LogP contribution in [0.15, 0.2) is 47.4 Å². The largest absolute Gasteiger partial charge is 0.487 e. The fourth-order valence-corrected chi connectivity index (χ4v) is 3.18. The summed E-state index contributed by atoms with van der Waals surface area (Å²) in [4.78, 5) is 9.92. The van der Waals surface area contributed by atoms with E-state index in [1.165, 1.54) is 12.1 Å². The Kier molecular flexibility index (Phi) is 5.86. The summed E-state index contributed by atoms with van der Waals surface area (Å²) in [6, 6.07) is 10.9. The van der Waals surface area contributed by atoms with Gasteiger partial charge in [-0.05, 0) is 31.2 Å². The quantitative estimate of drug-likeness (QED) is 0.579. The molecule has 9 heteroatoms. The first kappa shape index (κ1) is 19.0. The van der Waals surface area contributed by atoms with E-state index in [0.717, 1.165) is 12.3 Å². The molecule has 0 aliphatic rings. The Morgan fingerprint density at radius 2 is 1.96 bits per heavy atom. The van der Waals surface area contributed by atoms with Crippen LogP contribution in [0.3, 0.4) is 0 Å². The van der Waals surface area contributed by atoms with Crippen molar-refractivity contribution in [2.24, 2.45) is 0 Å². The molecule has 2 aromatic carbocycles. The number of ether oxygens (including phenoxy) is 1. The third-order valence-electron chi connectivity index (χ3n) is 3.31. The Hall–Kier alpha value is -2.32. The molecule has 0 aliphatic heterocycles. The first-order valence-corrected chi connectivity index (χ1v) is 9.59. The molecular weight excluding hydrogens is 368 g/mol. The zero-order valence-electron chi connectivity index (χ0n) is 13.6. The van der Waals surface area contributed by atoms with Gasteiger partial charge in [0.25, 0.3) is 5.69 Å². The minimum atomic E-state index is -3.72. The van der Waals surface area contributed by atoms with Crippen molar-refractivity contribution in [3.05, 3.63) is 57.6 Å². The zero-order chi connectivity index (χ0) is 18.6. The molecule has 0 bridgehead atoms. The molecule has 0 radical (unpaired) electrons. The molecule has 1 N–H and O–H groups in total. The number of sulfone groups is 1. The molecule has 0 aromatic heterocycles. The Labute approximate surface area is 150 Å². The summed E-state index contributed by atoms with van der Waals surface area (Å²) in [6.07, 6.45) is 0.666. The van der Waals surface area contributed by atoms with Crippen molar-refractivity contribution in [1.29, 1.82) is 0 Å². The highest BCUT2D eigenvalue weighted by atomic mass is 35.5. The van der Waals surface area contributed by atoms with E-state index in [1.54, 1.807) is 24.3 Å². The summed E-state index contributed by atoms with van der Waals surface area (Å²) < 4.78 is 29.2. The Balaban J connectivity index is 2.10. The second kappa shape index (κ2) is 7.71. The molecular formula is C16H17ClN2O5S. The average Bonchev–Trinajstić information content (AvgIpc) is 2.54. The van der Waals surface area contributed by atoms with Crippen LogP contribution in [0.5, 0.6) is 5.75 Å². The molecule has 0 aliphatic carbocycles. The second-order valence-electron chi connectivity index (χ2n) is 5.45. The summed E-state index contributed by atoms with van der Waals surface area (Å²) in [5, 5.41) is 14.5. The molecule has 25 heavy (non-hydrogen) atoms. The van der Waals surface area contributed by atoms with Crippen LogP contribution < -0.4 is 10.1 Å². The Morgan fingerprint density at radius 1 is 1.28 bits per heavy atom. The van der Waals surface area contributed by atoms with Crippen molar-refractivity contribution in [3.8, 4) is 5.75 Å². The zero-order valence-corrected chi connectivity index (χ0v) is 15.2. The molecule has 0 fully saturated rings. The molecule has 2 rings (SSSR count). The van der Waals surface area contributed by atoms with Crippen LogP contribution >= 0.6 is 11.6 Å². The second-order valence-corrected chi connectivity index (χ2v) is 7.84. The summed E-state index contributed by atoms with van der Waals surface area (Å²) in [6.45, 7) is 2.17. The van der Waals surface area contributed by atoms with Crippen molar-refractivity contribution in [1.82, 2.24) is 0 Å². The smallest absolute Gasteiger partial charge is 0.288 e. The predicted molar refractivity (Wildman–Crippen MR) is 96.2 cm³/mol. The highest BCUT2D eigenvalue weighted by molar-refractivity contribution is 7.90. The van der Waals surface area contributed by atoms with Gasteiger partial charge in [0.1, 0.15) is 16.7 Å². The number of halogens is 1. The maximum absolute atomic E-state index is 11.8. The first-order chi connectivity index (χ1) is 11.7. The molecule has 0 saturated carbocycles. The molecule has 134 valence electrons. The van der Waals surface area contributed by atoms with Crippen LogP contribution in [-0.2, 0) is 9.84 Å². The molecule has 0 saturated heterocycles. The average molecular weight is 385 g/mol. The summed E-state index contributed by atoms with van der Waals surface area (Å²) in [5.41, 5.74) is -0.00551. The number of hydrogen-bond donors (Lipinski definition) is 1. The first-order valence-electron chi connectivity index (χ1n) is 7.32. The van der Waals surface area contributed by atoms with Crippen molar-refractivity contribution < 1.29 is 18.1 Å². The van der Waals surface area contributed by atoms with Crippen LogP contribution in [0.1, 0.15) is 6.92 Å². The number of benzene rings is 2. The van der Waals surface area contributed by atoms with Gasteiger partial charge in [0.15, 0.2) is 9.84 Å². The number of para-hydroxylation sites is 1. The number of rotatable bonds is 7. The lowest BCUT2D eigenvalue weighted by Gasteiger charge is -2.17. The highest BCUT2D eigenvalue weighted by Gasteiger charge is 2.22. The van der Waals surface area contributed by atoms with E-state index in [9.17, 15) is 18.5 Å².